The third-order valence-electron chi connectivity index (χ3n) is 4.15. The summed E-state index contributed by atoms with van der Waals surface area (Å²) in [4.78, 5) is 12.8. The molecule has 0 saturated heterocycles. The summed E-state index contributed by atoms with van der Waals surface area (Å²) >= 11 is 1.57. The number of carbonyl (C=O) groups excluding carboxylic acids is 1. The molecule has 7 heteroatoms. The number of thioether (sulfide) groups is 1. The first-order valence-corrected chi connectivity index (χ1v) is 11.6. The highest BCUT2D eigenvalue weighted by atomic mass is 32.2. The molecule has 5 nitrogen and oxygen atoms in total. The zero-order chi connectivity index (χ0) is 19.9. The van der Waals surface area contributed by atoms with Gasteiger partial charge >= 0.3 is 0 Å². The number of aryl methyl sites for hydroxylation is 2. The van der Waals surface area contributed by atoms with Crippen LogP contribution in [0.2, 0.25) is 0 Å². The Hall–Kier alpha value is -1.83. The Morgan fingerprint density at radius 3 is 2.44 bits per heavy atom. The minimum absolute atomic E-state index is 0.207. The third-order valence-corrected chi connectivity index (χ3v) is 6.43. The normalized spacial score (nSPS) is 12.6. The van der Waals surface area contributed by atoms with Gasteiger partial charge < -0.3 is 5.32 Å². The number of hydrogen-bond donors (Lipinski definition) is 2. The van der Waals surface area contributed by atoms with Gasteiger partial charge in [-0.25, -0.2) is 8.42 Å². The summed E-state index contributed by atoms with van der Waals surface area (Å²) in [7, 11) is -3.79. The third kappa shape index (κ3) is 6.37. The van der Waals surface area contributed by atoms with Crippen molar-refractivity contribution in [3.05, 3.63) is 65.2 Å². The summed E-state index contributed by atoms with van der Waals surface area (Å²) in [5, 5.41) is 2.83. The van der Waals surface area contributed by atoms with Crippen LogP contribution in [0.25, 0.3) is 0 Å². The van der Waals surface area contributed by atoms with Gasteiger partial charge in [0.05, 0.1) is 4.90 Å². The molecular formula is C20H26N2O3S2. The lowest BCUT2D eigenvalue weighted by molar-refractivity contribution is -0.122. The van der Waals surface area contributed by atoms with E-state index in [0.29, 0.717) is 24.3 Å². The summed E-state index contributed by atoms with van der Waals surface area (Å²) in [6.45, 7) is 4.03. The zero-order valence-electron chi connectivity index (χ0n) is 15.9. The smallest absolute Gasteiger partial charge is 0.241 e. The van der Waals surface area contributed by atoms with E-state index < -0.39 is 16.1 Å². The van der Waals surface area contributed by atoms with Crippen molar-refractivity contribution in [3.8, 4) is 0 Å². The van der Waals surface area contributed by atoms with E-state index in [1.54, 1.807) is 30.8 Å². The van der Waals surface area contributed by atoms with Gasteiger partial charge in [0.2, 0.25) is 15.9 Å². The number of hydrogen-bond acceptors (Lipinski definition) is 4. The Labute approximate surface area is 166 Å². The van der Waals surface area contributed by atoms with Crippen molar-refractivity contribution in [1.29, 1.82) is 0 Å². The van der Waals surface area contributed by atoms with Crippen molar-refractivity contribution in [2.75, 3.05) is 12.0 Å². The van der Waals surface area contributed by atoms with Gasteiger partial charge in [-0.05, 0) is 49.5 Å². The molecular weight excluding hydrogens is 380 g/mol. The highest BCUT2D eigenvalue weighted by Gasteiger charge is 2.26. The summed E-state index contributed by atoms with van der Waals surface area (Å²) in [6, 6.07) is 13.9. The average Bonchev–Trinajstić information content (AvgIpc) is 2.63. The number of benzene rings is 2. The van der Waals surface area contributed by atoms with Gasteiger partial charge in [0, 0.05) is 6.54 Å². The lowest BCUT2D eigenvalue weighted by atomic mass is 10.2. The predicted octanol–water partition coefficient (Wildman–Crippen LogP) is 3.02. The van der Waals surface area contributed by atoms with E-state index in [-0.39, 0.29) is 10.8 Å². The van der Waals surface area contributed by atoms with E-state index in [2.05, 4.69) is 10.0 Å². The lowest BCUT2D eigenvalue weighted by Gasteiger charge is -2.19. The van der Waals surface area contributed by atoms with Gasteiger partial charge in [0.15, 0.2) is 0 Å². The SMILES string of the molecule is CSCC[C@H](NS(=O)(=O)c1ccc(C)cc1C)C(=O)NCc1ccccc1. The Bertz CT molecular complexity index is 868. The van der Waals surface area contributed by atoms with Crippen LogP contribution in [0.5, 0.6) is 0 Å². The number of nitrogens with one attached hydrogen (secondary N) is 2. The zero-order valence-corrected chi connectivity index (χ0v) is 17.5. The predicted molar refractivity (Wildman–Crippen MR) is 111 cm³/mol. The molecule has 2 aromatic rings. The molecule has 2 rings (SSSR count). The maximum absolute atomic E-state index is 12.8. The van der Waals surface area contributed by atoms with Crippen molar-refractivity contribution in [1.82, 2.24) is 10.0 Å². The highest BCUT2D eigenvalue weighted by Crippen LogP contribution is 2.17. The van der Waals surface area contributed by atoms with Crippen LogP contribution >= 0.6 is 11.8 Å². The number of sulfonamides is 1. The molecule has 1 atom stereocenters. The largest absolute Gasteiger partial charge is 0.351 e. The first kappa shape index (κ1) is 21.5. The second-order valence-corrected chi connectivity index (χ2v) is 9.10. The minimum atomic E-state index is -3.79. The second-order valence-electron chi connectivity index (χ2n) is 6.43. The van der Waals surface area contributed by atoms with E-state index in [0.717, 1.165) is 11.1 Å². The molecule has 0 aromatic heterocycles. The number of carbonyl (C=O) groups is 1. The Kier molecular flexibility index (Phi) is 7.89. The van der Waals surface area contributed by atoms with Crippen LogP contribution < -0.4 is 10.0 Å². The van der Waals surface area contributed by atoms with Gasteiger partial charge in [-0.3, -0.25) is 4.79 Å². The standard InChI is InChI=1S/C20H26N2O3S2/c1-15-9-10-19(16(2)13-15)27(24,25)22-18(11-12-26-3)20(23)21-14-17-7-5-4-6-8-17/h4-10,13,18,22H,11-12,14H2,1-3H3,(H,21,23)/t18-/m0/s1. The quantitative estimate of drug-likeness (QED) is 0.671. The van der Waals surface area contributed by atoms with Gasteiger partial charge in [-0.1, -0.05) is 48.0 Å². The van der Waals surface area contributed by atoms with Crippen LogP contribution in [0, 0.1) is 13.8 Å². The summed E-state index contributed by atoms with van der Waals surface area (Å²) < 4.78 is 28.2. The topological polar surface area (TPSA) is 75.3 Å². The van der Waals surface area contributed by atoms with Crippen molar-refractivity contribution in [2.24, 2.45) is 0 Å². The molecule has 0 bridgehead atoms. The van der Waals surface area contributed by atoms with Crippen molar-refractivity contribution in [3.63, 3.8) is 0 Å². The van der Waals surface area contributed by atoms with Gasteiger partial charge in [0.1, 0.15) is 6.04 Å². The fourth-order valence-electron chi connectivity index (χ4n) is 2.74. The fourth-order valence-corrected chi connectivity index (χ4v) is 4.67. The van der Waals surface area contributed by atoms with Crippen molar-refractivity contribution in [2.45, 2.75) is 37.8 Å². The molecule has 0 aliphatic carbocycles. The maximum Gasteiger partial charge on any atom is 0.241 e. The van der Waals surface area contributed by atoms with Crippen LogP contribution in [-0.4, -0.2) is 32.4 Å². The van der Waals surface area contributed by atoms with E-state index >= 15 is 0 Å². The first-order valence-electron chi connectivity index (χ1n) is 8.73. The Morgan fingerprint density at radius 1 is 1.11 bits per heavy atom. The van der Waals surface area contributed by atoms with Gasteiger partial charge in [-0.2, -0.15) is 16.5 Å². The molecule has 1 amide bonds. The van der Waals surface area contributed by atoms with Crippen LogP contribution in [0.15, 0.2) is 53.4 Å². The molecule has 0 unspecified atom stereocenters. The number of rotatable bonds is 9. The van der Waals surface area contributed by atoms with Crippen molar-refractivity contribution < 1.29 is 13.2 Å². The number of amides is 1. The lowest BCUT2D eigenvalue weighted by Crippen LogP contribution is -2.46. The first-order chi connectivity index (χ1) is 12.8. The Balaban J connectivity index is 2.13. The summed E-state index contributed by atoms with van der Waals surface area (Å²) in [6.07, 6.45) is 2.35. The van der Waals surface area contributed by atoms with Crippen molar-refractivity contribution >= 4 is 27.7 Å². The molecule has 0 heterocycles. The molecule has 0 aliphatic rings. The van der Waals surface area contributed by atoms with E-state index in [4.69, 9.17) is 0 Å². The van der Waals surface area contributed by atoms with E-state index in [1.165, 1.54) is 0 Å². The molecule has 146 valence electrons. The van der Waals surface area contributed by atoms with Crippen LogP contribution in [0.4, 0.5) is 0 Å². The van der Waals surface area contributed by atoms with Gasteiger partial charge in [0.25, 0.3) is 0 Å². The monoisotopic (exact) mass is 406 g/mol. The highest BCUT2D eigenvalue weighted by molar-refractivity contribution is 7.98. The summed E-state index contributed by atoms with van der Waals surface area (Å²) in [5.74, 6) is 0.361. The van der Waals surface area contributed by atoms with Crippen LogP contribution in [0.1, 0.15) is 23.1 Å². The molecule has 0 spiro atoms. The maximum atomic E-state index is 12.8. The van der Waals surface area contributed by atoms with Crippen LogP contribution in [0.3, 0.4) is 0 Å². The molecule has 0 saturated carbocycles. The average molecular weight is 407 g/mol. The molecule has 0 radical (unpaired) electrons. The van der Waals surface area contributed by atoms with E-state index in [1.807, 2.05) is 49.6 Å². The van der Waals surface area contributed by atoms with Crippen LogP contribution in [-0.2, 0) is 21.4 Å². The molecule has 0 fully saturated rings. The molecule has 27 heavy (non-hydrogen) atoms. The van der Waals surface area contributed by atoms with E-state index in [9.17, 15) is 13.2 Å². The molecule has 0 aliphatic heterocycles. The molecule has 2 N–H and O–H groups in total. The summed E-state index contributed by atoms with van der Waals surface area (Å²) in [5.41, 5.74) is 2.62. The Morgan fingerprint density at radius 2 is 1.81 bits per heavy atom. The molecule has 2 aromatic carbocycles. The van der Waals surface area contributed by atoms with Gasteiger partial charge in [-0.15, -0.1) is 0 Å². The second kappa shape index (κ2) is 9.92. The minimum Gasteiger partial charge on any atom is -0.351 e. The fraction of sp³-hybridized carbons (Fsp3) is 0.350.